The molecule has 0 spiro atoms. The second-order valence-corrected chi connectivity index (χ2v) is 23.8. The molecule has 0 fully saturated rings. The fourth-order valence-corrected chi connectivity index (χ4v) is 10.4. The summed E-state index contributed by atoms with van der Waals surface area (Å²) < 4.78 is 16.9. The first-order valence-electron chi connectivity index (χ1n) is 35.6. The molecule has 6 heteroatoms. The highest BCUT2D eigenvalue weighted by Crippen LogP contribution is 2.18. The maximum Gasteiger partial charge on any atom is 0.306 e. The Hall–Kier alpha value is -3.41. The van der Waals surface area contributed by atoms with Crippen molar-refractivity contribution in [1.29, 1.82) is 0 Å². The average molecular weight is 1140 g/mol. The van der Waals surface area contributed by atoms with Gasteiger partial charge in [-0.05, 0) is 77.0 Å². The molecule has 1 unspecified atom stereocenters. The van der Waals surface area contributed by atoms with Crippen LogP contribution in [0.5, 0.6) is 0 Å². The van der Waals surface area contributed by atoms with Crippen LogP contribution in [0.15, 0.2) is 85.1 Å². The Morgan fingerprint density at radius 1 is 0.256 bits per heavy atom. The van der Waals surface area contributed by atoms with E-state index in [0.717, 1.165) is 109 Å². The topological polar surface area (TPSA) is 78.9 Å². The molecule has 0 aromatic rings. The Morgan fingerprint density at radius 3 is 0.744 bits per heavy atom. The molecule has 0 aliphatic carbocycles. The van der Waals surface area contributed by atoms with E-state index >= 15 is 0 Å². The first-order chi connectivity index (χ1) is 40.5. The van der Waals surface area contributed by atoms with Gasteiger partial charge in [-0.25, -0.2) is 0 Å². The molecule has 0 saturated heterocycles. The van der Waals surface area contributed by atoms with Crippen LogP contribution in [0, 0.1) is 0 Å². The monoisotopic (exact) mass is 1140 g/mol. The lowest BCUT2D eigenvalue weighted by atomic mass is 10.0. The quantitative estimate of drug-likeness (QED) is 0.0261. The summed E-state index contributed by atoms with van der Waals surface area (Å²) in [6, 6.07) is 0. The van der Waals surface area contributed by atoms with Crippen LogP contribution in [0.4, 0.5) is 0 Å². The van der Waals surface area contributed by atoms with Crippen molar-refractivity contribution < 1.29 is 28.6 Å². The molecule has 0 amide bonds. The average Bonchev–Trinajstić information content (AvgIpc) is 3.47. The number of unbranched alkanes of at least 4 members (excludes halogenated alkanes) is 40. The van der Waals surface area contributed by atoms with Gasteiger partial charge in [-0.1, -0.05) is 350 Å². The van der Waals surface area contributed by atoms with Crippen molar-refractivity contribution in [1.82, 2.24) is 0 Å². The lowest BCUT2D eigenvalue weighted by molar-refractivity contribution is -0.167. The van der Waals surface area contributed by atoms with E-state index in [1.807, 2.05) is 0 Å². The first kappa shape index (κ1) is 78.6. The van der Waals surface area contributed by atoms with Crippen molar-refractivity contribution in [2.24, 2.45) is 0 Å². The summed E-state index contributed by atoms with van der Waals surface area (Å²) in [7, 11) is 0. The molecule has 82 heavy (non-hydrogen) atoms. The fraction of sp³-hybridized carbons (Fsp3) is 0.776. The second-order valence-electron chi connectivity index (χ2n) is 23.8. The molecule has 0 N–H and O–H groups in total. The maximum atomic E-state index is 12.9. The zero-order valence-electron chi connectivity index (χ0n) is 54.5. The van der Waals surface area contributed by atoms with Gasteiger partial charge in [0.15, 0.2) is 6.10 Å². The number of hydrogen-bond donors (Lipinski definition) is 0. The van der Waals surface area contributed by atoms with Crippen LogP contribution in [-0.2, 0) is 28.6 Å². The van der Waals surface area contributed by atoms with Crippen molar-refractivity contribution in [2.45, 2.75) is 367 Å². The van der Waals surface area contributed by atoms with E-state index in [4.69, 9.17) is 14.2 Å². The minimum absolute atomic E-state index is 0.0861. The van der Waals surface area contributed by atoms with Gasteiger partial charge in [-0.2, -0.15) is 0 Å². The molecule has 0 radical (unpaired) electrons. The summed E-state index contributed by atoms with van der Waals surface area (Å²) in [6.07, 6.45) is 93.5. The number of carbonyl (C=O) groups excluding carboxylic acids is 3. The third kappa shape index (κ3) is 67.4. The van der Waals surface area contributed by atoms with Gasteiger partial charge in [0.05, 0.1) is 0 Å². The predicted molar refractivity (Wildman–Crippen MR) is 358 cm³/mol. The van der Waals surface area contributed by atoms with Crippen LogP contribution in [0.2, 0.25) is 0 Å². The van der Waals surface area contributed by atoms with E-state index in [9.17, 15) is 14.4 Å². The summed E-state index contributed by atoms with van der Waals surface area (Å²) in [6.45, 7) is 6.54. The van der Waals surface area contributed by atoms with Crippen LogP contribution in [0.25, 0.3) is 0 Å². The van der Waals surface area contributed by atoms with Crippen molar-refractivity contribution in [3.05, 3.63) is 85.1 Å². The minimum atomic E-state index is -0.793. The second kappa shape index (κ2) is 70.1. The smallest absolute Gasteiger partial charge is 0.306 e. The minimum Gasteiger partial charge on any atom is -0.462 e. The van der Waals surface area contributed by atoms with Gasteiger partial charge >= 0.3 is 17.9 Å². The van der Waals surface area contributed by atoms with Gasteiger partial charge in [0.25, 0.3) is 0 Å². The number of allylic oxidation sites excluding steroid dienone is 14. The molecule has 0 heterocycles. The zero-order valence-corrected chi connectivity index (χ0v) is 54.5. The summed E-state index contributed by atoms with van der Waals surface area (Å²) in [5.74, 6) is -0.903. The van der Waals surface area contributed by atoms with Crippen LogP contribution in [-0.4, -0.2) is 37.2 Å². The molecular weight excluding hydrogens is 1010 g/mol. The molecule has 474 valence electrons. The van der Waals surface area contributed by atoms with E-state index in [0.29, 0.717) is 19.3 Å². The van der Waals surface area contributed by atoms with E-state index in [-0.39, 0.29) is 31.1 Å². The number of rotatable bonds is 65. The standard InChI is InChI=1S/C76H134O6/c1-4-7-10-13-16-19-22-24-26-28-30-32-34-36-37-38-39-41-42-44-46-48-50-52-54-57-60-63-66-69-75(78)81-72-73(71-80-74(77)68-65-62-59-56-21-18-15-12-9-6-3)82-76(79)70-67-64-61-58-55-53-51-49-47-45-43-40-35-33-31-29-27-25-23-20-17-14-11-8-5-2/h8,11,17,20,25,27,31,33,40,43,47,49,53,55,73H,4-7,9-10,12-16,18-19,21-24,26,28-30,32,34-39,41-42,44-46,48,50-52,54,56-72H2,1-3H3/b11-8-,20-17-,27-25-,33-31-,43-40-,49-47-,55-53-. The van der Waals surface area contributed by atoms with Crippen molar-refractivity contribution >= 4 is 17.9 Å². The maximum absolute atomic E-state index is 12.9. The van der Waals surface area contributed by atoms with Gasteiger partial charge < -0.3 is 14.2 Å². The van der Waals surface area contributed by atoms with Gasteiger partial charge in [-0.15, -0.1) is 0 Å². The molecule has 6 nitrogen and oxygen atoms in total. The molecule has 0 aliphatic heterocycles. The fourth-order valence-electron chi connectivity index (χ4n) is 10.4. The molecular formula is C76H134O6. The Morgan fingerprint density at radius 2 is 0.476 bits per heavy atom. The van der Waals surface area contributed by atoms with E-state index in [1.54, 1.807) is 0 Å². The summed E-state index contributed by atoms with van der Waals surface area (Å²) in [4.78, 5) is 38.3. The normalized spacial score (nSPS) is 12.6. The van der Waals surface area contributed by atoms with Crippen molar-refractivity contribution in [3.8, 4) is 0 Å². The van der Waals surface area contributed by atoms with Crippen molar-refractivity contribution in [3.63, 3.8) is 0 Å². The van der Waals surface area contributed by atoms with Crippen LogP contribution >= 0.6 is 0 Å². The summed E-state index contributed by atoms with van der Waals surface area (Å²) >= 11 is 0. The van der Waals surface area contributed by atoms with Gasteiger partial charge in [0.1, 0.15) is 13.2 Å². The SMILES string of the molecule is CC/C=C\C/C=C\C/C=C\C/C=C\C/C=C\C/C=C\C/C=C\CCCCCC(=O)OC(COC(=O)CCCCCCCCCCCC)COC(=O)CCCCCCCCCCCCCCCCCCCCCCCCCCCCCCC. The molecule has 0 rings (SSSR count). The van der Waals surface area contributed by atoms with Crippen LogP contribution < -0.4 is 0 Å². The third-order valence-corrected chi connectivity index (χ3v) is 15.7. The van der Waals surface area contributed by atoms with E-state index in [2.05, 4.69) is 106 Å². The largest absolute Gasteiger partial charge is 0.462 e. The number of hydrogen-bond acceptors (Lipinski definition) is 6. The molecule has 1 atom stereocenters. The molecule has 0 aromatic heterocycles. The van der Waals surface area contributed by atoms with Crippen molar-refractivity contribution in [2.75, 3.05) is 13.2 Å². The zero-order chi connectivity index (χ0) is 59.2. The summed E-state index contributed by atoms with van der Waals surface area (Å²) in [5, 5.41) is 0. The molecule has 0 aliphatic rings. The van der Waals surface area contributed by atoms with Gasteiger partial charge in [-0.3, -0.25) is 14.4 Å². The number of carbonyl (C=O) groups is 3. The number of ether oxygens (including phenoxy) is 3. The lowest BCUT2D eigenvalue weighted by Crippen LogP contribution is -2.30. The first-order valence-corrected chi connectivity index (χ1v) is 35.6. The highest BCUT2D eigenvalue weighted by atomic mass is 16.6. The predicted octanol–water partition coefficient (Wildman–Crippen LogP) is 24.6. The van der Waals surface area contributed by atoms with Crippen LogP contribution in [0.3, 0.4) is 0 Å². The Balaban J connectivity index is 4.21. The molecule has 0 bridgehead atoms. The Kier molecular flexibility index (Phi) is 67.2. The van der Waals surface area contributed by atoms with Gasteiger partial charge in [0.2, 0.25) is 0 Å². The lowest BCUT2D eigenvalue weighted by Gasteiger charge is -2.18. The third-order valence-electron chi connectivity index (χ3n) is 15.7. The summed E-state index contributed by atoms with van der Waals surface area (Å²) in [5.41, 5.74) is 0. The van der Waals surface area contributed by atoms with E-state index in [1.165, 1.54) is 212 Å². The molecule has 0 saturated carbocycles. The van der Waals surface area contributed by atoms with Crippen LogP contribution in [0.1, 0.15) is 361 Å². The number of esters is 3. The highest BCUT2D eigenvalue weighted by molar-refractivity contribution is 5.71. The van der Waals surface area contributed by atoms with E-state index < -0.39 is 6.10 Å². The van der Waals surface area contributed by atoms with Gasteiger partial charge in [0, 0.05) is 19.3 Å². The molecule has 0 aromatic carbocycles. The Labute approximate surface area is 509 Å². The Bertz CT molecular complexity index is 1550. The highest BCUT2D eigenvalue weighted by Gasteiger charge is 2.19.